The average Bonchev–Trinajstić information content (AvgIpc) is 2.78. The van der Waals surface area contributed by atoms with Crippen molar-refractivity contribution in [3.05, 3.63) is 65.2 Å². The molecule has 0 aromatic heterocycles. The van der Waals surface area contributed by atoms with Gasteiger partial charge in [0.1, 0.15) is 6.04 Å². The number of carbonyl (C=O) groups is 2. The van der Waals surface area contributed by atoms with Crippen LogP contribution >= 0.6 is 0 Å². The normalized spacial score (nSPS) is 13.4. The Morgan fingerprint density at radius 1 is 0.939 bits per heavy atom. The van der Waals surface area contributed by atoms with Gasteiger partial charge in [0.15, 0.2) is 0 Å². The lowest BCUT2D eigenvalue weighted by atomic mass is 10.1. The van der Waals surface area contributed by atoms with Gasteiger partial charge in [-0.2, -0.15) is 4.31 Å². The number of nitrogens with zero attached hydrogens (tertiary/aromatic N) is 2. The molecule has 0 saturated heterocycles. The minimum Gasteiger partial charge on any atom is -0.352 e. The number of aryl methyl sites for hydroxylation is 2. The van der Waals surface area contributed by atoms with Gasteiger partial charge < -0.3 is 10.2 Å². The molecule has 1 N–H and O–H groups in total. The van der Waals surface area contributed by atoms with Crippen molar-refractivity contribution in [3.8, 4) is 0 Å². The molecule has 180 valence electrons. The maximum atomic E-state index is 13.3. The standard InChI is InChI=1S/C25H35N3O4S/c1-7-20(4)26-25(30)21(5)28(16-22-12-8-18(2)9-13-22)24(29)17-27(6)33(31,32)23-14-10-19(3)11-15-23/h8-15,20-21H,7,16-17H2,1-6H3,(H,26,30)/t20-,21+/m1/s1. The van der Waals surface area contributed by atoms with Crippen LogP contribution in [0, 0.1) is 13.8 Å². The summed E-state index contributed by atoms with van der Waals surface area (Å²) in [6.07, 6.45) is 0.766. The second-order valence-electron chi connectivity index (χ2n) is 8.58. The van der Waals surface area contributed by atoms with Crippen LogP contribution < -0.4 is 5.32 Å². The second-order valence-corrected chi connectivity index (χ2v) is 10.6. The summed E-state index contributed by atoms with van der Waals surface area (Å²) in [4.78, 5) is 27.7. The number of likely N-dealkylation sites (N-methyl/N-ethyl adjacent to an activating group) is 1. The highest BCUT2D eigenvalue weighted by Crippen LogP contribution is 2.17. The molecule has 2 amide bonds. The first kappa shape index (κ1) is 26.5. The minimum absolute atomic E-state index is 0.0270. The molecule has 2 aromatic rings. The Bertz CT molecular complexity index is 1050. The second kappa shape index (κ2) is 11.4. The van der Waals surface area contributed by atoms with Crippen LogP contribution in [0.2, 0.25) is 0 Å². The summed E-state index contributed by atoms with van der Waals surface area (Å²) in [5.74, 6) is -0.714. The molecule has 2 aromatic carbocycles. The van der Waals surface area contributed by atoms with Crippen LogP contribution in [0.4, 0.5) is 0 Å². The Morgan fingerprint density at radius 2 is 1.45 bits per heavy atom. The molecule has 0 aliphatic heterocycles. The first-order valence-electron chi connectivity index (χ1n) is 11.1. The van der Waals surface area contributed by atoms with Crippen molar-refractivity contribution in [1.29, 1.82) is 0 Å². The summed E-state index contributed by atoms with van der Waals surface area (Å²) >= 11 is 0. The maximum absolute atomic E-state index is 13.3. The van der Waals surface area contributed by atoms with Crippen LogP contribution in [0.25, 0.3) is 0 Å². The number of amides is 2. The maximum Gasteiger partial charge on any atom is 0.243 e. The van der Waals surface area contributed by atoms with Crippen molar-refractivity contribution in [2.45, 2.75) is 64.6 Å². The van der Waals surface area contributed by atoms with E-state index in [1.54, 1.807) is 19.1 Å². The zero-order chi connectivity index (χ0) is 24.8. The first-order valence-corrected chi connectivity index (χ1v) is 12.6. The fourth-order valence-corrected chi connectivity index (χ4v) is 4.32. The molecule has 0 radical (unpaired) electrons. The van der Waals surface area contributed by atoms with Gasteiger partial charge in [0.2, 0.25) is 21.8 Å². The number of sulfonamides is 1. The van der Waals surface area contributed by atoms with Crippen LogP contribution in [0.5, 0.6) is 0 Å². The molecule has 2 rings (SSSR count). The van der Waals surface area contributed by atoms with Crippen molar-refractivity contribution < 1.29 is 18.0 Å². The molecule has 0 unspecified atom stereocenters. The SMILES string of the molecule is CC[C@@H](C)NC(=O)[C@H](C)N(Cc1ccc(C)cc1)C(=O)CN(C)S(=O)(=O)c1ccc(C)cc1. The molecule has 0 heterocycles. The third-order valence-electron chi connectivity index (χ3n) is 5.73. The van der Waals surface area contributed by atoms with E-state index in [4.69, 9.17) is 0 Å². The summed E-state index contributed by atoms with van der Waals surface area (Å²) in [7, 11) is -2.47. The number of hydrogen-bond acceptors (Lipinski definition) is 4. The topological polar surface area (TPSA) is 86.8 Å². The third-order valence-corrected chi connectivity index (χ3v) is 7.55. The van der Waals surface area contributed by atoms with E-state index in [-0.39, 0.29) is 29.9 Å². The van der Waals surface area contributed by atoms with Gasteiger partial charge in [-0.3, -0.25) is 9.59 Å². The molecule has 0 bridgehead atoms. The summed E-state index contributed by atoms with van der Waals surface area (Å²) < 4.78 is 27.0. The van der Waals surface area contributed by atoms with E-state index >= 15 is 0 Å². The van der Waals surface area contributed by atoms with Gasteiger partial charge in [-0.25, -0.2) is 8.42 Å². The summed E-state index contributed by atoms with van der Waals surface area (Å²) in [5.41, 5.74) is 2.89. The van der Waals surface area contributed by atoms with Gasteiger partial charge in [0.25, 0.3) is 0 Å². The van der Waals surface area contributed by atoms with Crippen LogP contribution in [0.15, 0.2) is 53.4 Å². The van der Waals surface area contributed by atoms with Crippen molar-refractivity contribution >= 4 is 21.8 Å². The van der Waals surface area contributed by atoms with E-state index in [0.29, 0.717) is 0 Å². The zero-order valence-electron chi connectivity index (χ0n) is 20.3. The zero-order valence-corrected chi connectivity index (χ0v) is 21.1. The summed E-state index contributed by atoms with van der Waals surface area (Å²) in [5, 5.41) is 2.91. The van der Waals surface area contributed by atoms with Gasteiger partial charge in [0.05, 0.1) is 11.4 Å². The molecule has 2 atom stereocenters. The van der Waals surface area contributed by atoms with E-state index in [0.717, 1.165) is 27.4 Å². The van der Waals surface area contributed by atoms with Crippen molar-refractivity contribution in [2.75, 3.05) is 13.6 Å². The predicted molar refractivity (Wildman–Crippen MR) is 130 cm³/mol. The molecule has 0 fully saturated rings. The Balaban J connectivity index is 2.26. The van der Waals surface area contributed by atoms with Gasteiger partial charge in [-0.15, -0.1) is 0 Å². The highest BCUT2D eigenvalue weighted by molar-refractivity contribution is 7.89. The van der Waals surface area contributed by atoms with Crippen LogP contribution in [0.3, 0.4) is 0 Å². The lowest BCUT2D eigenvalue weighted by Gasteiger charge is -2.31. The highest BCUT2D eigenvalue weighted by atomic mass is 32.2. The van der Waals surface area contributed by atoms with E-state index in [9.17, 15) is 18.0 Å². The van der Waals surface area contributed by atoms with E-state index in [1.807, 2.05) is 52.0 Å². The number of benzene rings is 2. The number of nitrogens with one attached hydrogen (secondary N) is 1. The quantitative estimate of drug-likeness (QED) is 0.574. The molecular formula is C25H35N3O4S. The van der Waals surface area contributed by atoms with Crippen LogP contribution in [0.1, 0.15) is 43.9 Å². The van der Waals surface area contributed by atoms with Crippen molar-refractivity contribution in [1.82, 2.24) is 14.5 Å². The fraction of sp³-hybridized carbons (Fsp3) is 0.440. The summed E-state index contributed by atoms with van der Waals surface area (Å²) in [6, 6.07) is 13.4. The molecule has 0 saturated carbocycles. The molecule has 0 aliphatic carbocycles. The minimum atomic E-state index is -3.85. The first-order chi connectivity index (χ1) is 15.4. The monoisotopic (exact) mass is 473 g/mol. The molecule has 7 nitrogen and oxygen atoms in total. The van der Waals surface area contributed by atoms with Gasteiger partial charge >= 0.3 is 0 Å². The number of rotatable bonds is 10. The largest absolute Gasteiger partial charge is 0.352 e. The predicted octanol–water partition coefficient (Wildman–Crippen LogP) is 3.26. The van der Waals surface area contributed by atoms with Crippen molar-refractivity contribution in [2.24, 2.45) is 0 Å². The lowest BCUT2D eigenvalue weighted by Crippen LogP contribution is -2.51. The van der Waals surface area contributed by atoms with Crippen molar-refractivity contribution in [3.63, 3.8) is 0 Å². The summed E-state index contributed by atoms with van der Waals surface area (Å²) in [6.45, 7) is 9.21. The lowest BCUT2D eigenvalue weighted by molar-refractivity contribution is -0.140. The molecular weight excluding hydrogens is 438 g/mol. The van der Waals surface area contributed by atoms with Crippen LogP contribution in [-0.2, 0) is 26.2 Å². The Morgan fingerprint density at radius 3 is 1.97 bits per heavy atom. The Labute approximate surface area is 197 Å². The van der Waals surface area contributed by atoms with E-state index < -0.39 is 22.0 Å². The average molecular weight is 474 g/mol. The van der Waals surface area contributed by atoms with Gasteiger partial charge in [-0.05, 0) is 51.8 Å². The number of carbonyl (C=O) groups excluding carboxylic acids is 2. The Hall–Kier alpha value is -2.71. The highest BCUT2D eigenvalue weighted by Gasteiger charge is 2.30. The van der Waals surface area contributed by atoms with Crippen LogP contribution in [-0.4, -0.2) is 55.1 Å². The smallest absolute Gasteiger partial charge is 0.243 e. The fourth-order valence-electron chi connectivity index (χ4n) is 3.19. The van der Waals surface area contributed by atoms with E-state index in [1.165, 1.54) is 24.1 Å². The van der Waals surface area contributed by atoms with E-state index in [2.05, 4.69) is 5.32 Å². The van der Waals surface area contributed by atoms with Gasteiger partial charge in [0, 0.05) is 19.6 Å². The molecule has 33 heavy (non-hydrogen) atoms. The Kier molecular flexibility index (Phi) is 9.19. The van der Waals surface area contributed by atoms with Gasteiger partial charge in [-0.1, -0.05) is 54.4 Å². The molecule has 8 heteroatoms. The third kappa shape index (κ3) is 7.14. The number of hydrogen-bond donors (Lipinski definition) is 1. The molecule has 0 aliphatic rings. The molecule has 0 spiro atoms.